The molecular formula is C12H16N4O3. The second kappa shape index (κ2) is 5.21. The molecule has 0 unspecified atom stereocenters. The zero-order valence-electron chi connectivity index (χ0n) is 10.9. The largest absolute Gasteiger partial charge is 0.481 e. The number of hydrogen-bond donors (Lipinski definition) is 2. The van der Waals surface area contributed by atoms with Gasteiger partial charge >= 0.3 is 5.97 Å². The fraction of sp³-hybridized carbons (Fsp3) is 0.500. The van der Waals surface area contributed by atoms with Crippen molar-refractivity contribution < 1.29 is 14.7 Å². The van der Waals surface area contributed by atoms with Crippen molar-refractivity contribution in [2.75, 3.05) is 6.54 Å². The van der Waals surface area contributed by atoms with Gasteiger partial charge in [0.2, 0.25) is 0 Å². The molecule has 2 heterocycles. The monoisotopic (exact) mass is 264 g/mol. The van der Waals surface area contributed by atoms with Crippen molar-refractivity contribution in [3.8, 4) is 0 Å². The van der Waals surface area contributed by atoms with Crippen molar-refractivity contribution in [2.24, 2.45) is 4.99 Å². The third kappa shape index (κ3) is 2.64. The molecule has 7 heteroatoms. The highest BCUT2D eigenvalue weighted by Crippen LogP contribution is 2.26. The van der Waals surface area contributed by atoms with Gasteiger partial charge in [-0.3, -0.25) is 19.3 Å². The van der Waals surface area contributed by atoms with E-state index < -0.39 is 5.97 Å². The van der Waals surface area contributed by atoms with Crippen LogP contribution in [0.3, 0.4) is 0 Å². The fourth-order valence-electron chi connectivity index (χ4n) is 2.02. The normalized spacial score (nSPS) is 14.4. The zero-order valence-corrected chi connectivity index (χ0v) is 10.9. The maximum absolute atomic E-state index is 12.0. The molecule has 2 rings (SSSR count). The Morgan fingerprint density at radius 1 is 1.53 bits per heavy atom. The SMILES string of the molecule is CCn1nc(C)c2c1C(=O)NCC(CCC(=O)O)=N2. The maximum atomic E-state index is 12.0. The van der Waals surface area contributed by atoms with Crippen LogP contribution in [-0.2, 0) is 11.3 Å². The van der Waals surface area contributed by atoms with Crippen molar-refractivity contribution >= 4 is 23.3 Å². The molecule has 7 nitrogen and oxygen atoms in total. The van der Waals surface area contributed by atoms with E-state index in [0.29, 0.717) is 35.8 Å². The van der Waals surface area contributed by atoms with Gasteiger partial charge in [-0.2, -0.15) is 5.10 Å². The minimum atomic E-state index is -0.875. The van der Waals surface area contributed by atoms with E-state index >= 15 is 0 Å². The van der Waals surface area contributed by atoms with Gasteiger partial charge in [-0.15, -0.1) is 0 Å². The van der Waals surface area contributed by atoms with E-state index in [1.807, 2.05) is 6.92 Å². The van der Waals surface area contributed by atoms with E-state index in [1.165, 1.54) is 0 Å². The second-order valence-corrected chi connectivity index (χ2v) is 4.35. The Bertz CT molecular complexity index is 560. The minimum absolute atomic E-state index is 0.00496. The van der Waals surface area contributed by atoms with Gasteiger partial charge in [-0.25, -0.2) is 0 Å². The minimum Gasteiger partial charge on any atom is -0.481 e. The maximum Gasteiger partial charge on any atom is 0.303 e. The summed E-state index contributed by atoms with van der Waals surface area (Å²) in [4.78, 5) is 27.0. The molecule has 0 aromatic carbocycles. The van der Waals surface area contributed by atoms with Crippen LogP contribution in [0, 0.1) is 6.92 Å². The van der Waals surface area contributed by atoms with E-state index in [0.717, 1.165) is 0 Å². The van der Waals surface area contributed by atoms with Crippen LogP contribution in [0.4, 0.5) is 5.69 Å². The average Bonchev–Trinajstić information content (AvgIpc) is 2.58. The van der Waals surface area contributed by atoms with Crippen molar-refractivity contribution in [3.05, 3.63) is 11.4 Å². The number of aryl methyl sites for hydroxylation is 2. The number of nitrogens with zero attached hydrogens (tertiary/aromatic N) is 3. The third-order valence-corrected chi connectivity index (χ3v) is 2.96. The molecule has 0 saturated heterocycles. The smallest absolute Gasteiger partial charge is 0.303 e. The number of aliphatic carboxylic acids is 1. The third-order valence-electron chi connectivity index (χ3n) is 2.96. The summed E-state index contributed by atoms with van der Waals surface area (Å²) in [6.45, 7) is 4.56. The molecule has 0 radical (unpaired) electrons. The summed E-state index contributed by atoms with van der Waals surface area (Å²) < 4.78 is 1.61. The number of nitrogens with one attached hydrogen (secondary N) is 1. The van der Waals surface area contributed by atoms with Crippen LogP contribution < -0.4 is 5.32 Å². The predicted octanol–water partition coefficient (Wildman–Crippen LogP) is 0.892. The Balaban J connectivity index is 2.37. The van der Waals surface area contributed by atoms with Crippen molar-refractivity contribution in [2.45, 2.75) is 33.2 Å². The van der Waals surface area contributed by atoms with Crippen molar-refractivity contribution in [1.82, 2.24) is 15.1 Å². The van der Waals surface area contributed by atoms with E-state index in [-0.39, 0.29) is 18.9 Å². The number of aromatic nitrogens is 2. The molecule has 1 aromatic heterocycles. The molecule has 1 aliphatic heterocycles. The summed E-state index contributed by atoms with van der Waals surface area (Å²) in [5, 5.41) is 15.7. The highest BCUT2D eigenvalue weighted by molar-refractivity contribution is 6.04. The van der Waals surface area contributed by atoms with Crippen LogP contribution in [-0.4, -0.2) is 39.0 Å². The number of aliphatic imine (C=N–C) groups is 1. The number of fused-ring (bicyclic) bond motifs is 1. The Hall–Kier alpha value is -2.18. The zero-order chi connectivity index (χ0) is 14.0. The highest BCUT2D eigenvalue weighted by Gasteiger charge is 2.24. The summed E-state index contributed by atoms with van der Waals surface area (Å²) in [6.07, 6.45) is 0.330. The molecule has 1 aliphatic rings. The number of amides is 1. The molecule has 102 valence electrons. The lowest BCUT2D eigenvalue weighted by atomic mass is 10.2. The molecule has 2 N–H and O–H groups in total. The number of hydrogen-bond acceptors (Lipinski definition) is 4. The van der Waals surface area contributed by atoms with Gasteiger partial charge in [0.15, 0.2) is 5.69 Å². The summed E-state index contributed by atoms with van der Waals surface area (Å²) in [5.41, 5.74) is 2.34. The molecule has 19 heavy (non-hydrogen) atoms. The van der Waals surface area contributed by atoms with E-state index in [9.17, 15) is 9.59 Å². The Morgan fingerprint density at radius 2 is 2.26 bits per heavy atom. The Morgan fingerprint density at radius 3 is 2.89 bits per heavy atom. The molecule has 0 spiro atoms. The van der Waals surface area contributed by atoms with Crippen LogP contribution in [0.5, 0.6) is 0 Å². The van der Waals surface area contributed by atoms with Gasteiger partial charge in [-0.05, 0) is 20.3 Å². The predicted molar refractivity (Wildman–Crippen MR) is 68.9 cm³/mol. The first kappa shape index (κ1) is 13.3. The summed E-state index contributed by atoms with van der Waals surface area (Å²) in [6, 6.07) is 0. The molecule has 1 aromatic rings. The number of carbonyl (C=O) groups excluding carboxylic acids is 1. The lowest BCUT2D eigenvalue weighted by molar-refractivity contribution is -0.136. The Kier molecular flexibility index (Phi) is 3.64. The lowest BCUT2D eigenvalue weighted by Crippen LogP contribution is -2.29. The topological polar surface area (TPSA) is 96.6 Å². The molecule has 0 bridgehead atoms. The average molecular weight is 264 g/mol. The first-order chi connectivity index (χ1) is 9.02. The first-order valence-electron chi connectivity index (χ1n) is 6.16. The van der Waals surface area contributed by atoms with Gasteiger partial charge in [0, 0.05) is 12.3 Å². The number of carboxylic acids is 1. The van der Waals surface area contributed by atoms with Crippen LogP contribution in [0.15, 0.2) is 4.99 Å². The van der Waals surface area contributed by atoms with Gasteiger partial charge in [-0.1, -0.05) is 0 Å². The van der Waals surface area contributed by atoms with Crippen LogP contribution in [0.1, 0.15) is 35.9 Å². The van der Waals surface area contributed by atoms with Crippen LogP contribution in [0.25, 0.3) is 0 Å². The summed E-state index contributed by atoms with van der Waals surface area (Å²) >= 11 is 0. The standard InChI is InChI=1S/C12H16N4O3/c1-3-16-11-10(7(2)15-16)14-8(4-5-9(17)18)6-13-12(11)19/h3-6H2,1-2H3,(H,13,19)(H,17,18). The second-order valence-electron chi connectivity index (χ2n) is 4.35. The van der Waals surface area contributed by atoms with Crippen molar-refractivity contribution in [3.63, 3.8) is 0 Å². The first-order valence-corrected chi connectivity index (χ1v) is 6.16. The van der Waals surface area contributed by atoms with Gasteiger partial charge in [0.25, 0.3) is 5.91 Å². The van der Waals surface area contributed by atoms with E-state index in [4.69, 9.17) is 5.11 Å². The molecule has 0 fully saturated rings. The molecule has 0 saturated carbocycles. The van der Waals surface area contributed by atoms with Crippen molar-refractivity contribution in [1.29, 1.82) is 0 Å². The Labute approximate surface area is 110 Å². The summed E-state index contributed by atoms with van der Waals surface area (Å²) in [5.74, 6) is -1.09. The highest BCUT2D eigenvalue weighted by atomic mass is 16.4. The molecule has 1 amide bonds. The number of carboxylic acid groups (broad SMARTS) is 1. The van der Waals surface area contributed by atoms with Gasteiger partial charge in [0.1, 0.15) is 5.69 Å². The molecular weight excluding hydrogens is 248 g/mol. The van der Waals surface area contributed by atoms with Gasteiger partial charge in [0.05, 0.1) is 18.7 Å². The summed E-state index contributed by atoms with van der Waals surface area (Å²) in [7, 11) is 0. The van der Waals surface area contributed by atoms with E-state index in [1.54, 1.807) is 11.6 Å². The molecule has 0 aliphatic carbocycles. The van der Waals surface area contributed by atoms with E-state index in [2.05, 4.69) is 15.4 Å². The number of rotatable bonds is 4. The molecule has 0 atom stereocenters. The lowest BCUT2D eigenvalue weighted by Gasteiger charge is -2.04. The van der Waals surface area contributed by atoms with Crippen LogP contribution in [0.2, 0.25) is 0 Å². The van der Waals surface area contributed by atoms with Gasteiger partial charge < -0.3 is 10.4 Å². The fourth-order valence-corrected chi connectivity index (χ4v) is 2.02. The number of carbonyl (C=O) groups is 2. The quantitative estimate of drug-likeness (QED) is 0.844. The van der Waals surface area contributed by atoms with Crippen LogP contribution >= 0.6 is 0 Å².